The van der Waals surface area contributed by atoms with Gasteiger partial charge in [-0.1, -0.05) is 32.0 Å². The highest BCUT2D eigenvalue weighted by Gasteiger charge is 2.07. The number of benzene rings is 1. The molecular formula is C15H17BrN2. The molecule has 0 saturated heterocycles. The average molecular weight is 305 g/mol. The van der Waals surface area contributed by atoms with E-state index in [1.165, 1.54) is 16.8 Å². The molecule has 1 aromatic heterocycles. The average Bonchev–Trinajstić information content (AvgIpc) is 2.41. The van der Waals surface area contributed by atoms with E-state index < -0.39 is 0 Å². The van der Waals surface area contributed by atoms with Crippen molar-refractivity contribution in [3.63, 3.8) is 0 Å². The van der Waals surface area contributed by atoms with Crippen LogP contribution in [-0.2, 0) is 12.8 Å². The first kappa shape index (κ1) is 13.1. The third kappa shape index (κ3) is 2.72. The largest absolute Gasteiger partial charge is 0.354 e. The monoisotopic (exact) mass is 304 g/mol. The zero-order valence-corrected chi connectivity index (χ0v) is 12.3. The minimum atomic E-state index is 0.984. The van der Waals surface area contributed by atoms with Crippen molar-refractivity contribution in [3.8, 4) is 0 Å². The molecule has 0 unspecified atom stereocenters. The van der Waals surface area contributed by atoms with Crippen molar-refractivity contribution in [1.29, 1.82) is 0 Å². The zero-order valence-electron chi connectivity index (χ0n) is 10.7. The molecular weight excluding hydrogens is 288 g/mol. The van der Waals surface area contributed by atoms with E-state index in [1.54, 1.807) is 6.20 Å². The maximum atomic E-state index is 4.08. The minimum absolute atomic E-state index is 0.984. The predicted octanol–water partition coefficient (Wildman–Crippen LogP) is 4.71. The van der Waals surface area contributed by atoms with E-state index in [9.17, 15) is 0 Å². The first-order valence-electron chi connectivity index (χ1n) is 6.23. The van der Waals surface area contributed by atoms with Gasteiger partial charge in [0.15, 0.2) is 0 Å². The Labute approximate surface area is 117 Å². The SMILES string of the molecule is CCc1cccc(CC)c1Nc1ccncc1Br. The summed E-state index contributed by atoms with van der Waals surface area (Å²) in [5.74, 6) is 0. The van der Waals surface area contributed by atoms with Gasteiger partial charge in [-0.15, -0.1) is 0 Å². The van der Waals surface area contributed by atoms with E-state index in [2.05, 4.69) is 58.3 Å². The highest BCUT2D eigenvalue weighted by molar-refractivity contribution is 9.10. The molecule has 0 aliphatic carbocycles. The van der Waals surface area contributed by atoms with Gasteiger partial charge in [0, 0.05) is 18.1 Å². The van der Waals surface area contributed by atoms with Crippen LogP contribution in [0.25, 0.3) is 0 Å². The number of hydrogen-bond acceptors (Lipinski definition) is 2. The molecule has 1 heterocycles. The van der Waals surface area contributed by atoms with Crippen LogP contribution in [-0.4, -0.2) is 4.98 Å². The molecule has 2 nitrogen and oxygen atoms in total. The number of aromatic nitrogens is 1. The van der Waals surface area contributed by atoms with Gasteiger partial charge in [0.05, 0.1) is 10.2 Å². The summed E-state index contributed by atoms with van der Waals surface area (Å²) in [6.45, 7) is 4.36. The van der Waals surface area contributed by atoms with Gasteiger partial charge >= 0.3 is 0 Å². The Morgan fingerprint density at radius 3 is 2.33 bits per heavy atom. The number of pyridine rings is 1. The quantitative estimate of drug-likeness (QED) is 0.884. The lowest BCUT2D eigenvalue weighted by Crippen LogP contribution is -2.00. The summed E-state index contributed by atoms with van der Waals surface area (Å²) >= 11 is 3.52. The van der Waals surface area contributed by atoms with E-state index in [1.807, 2.05) is 12.3 Å². The van der Waals surface area contributed by atoms with E-state index in [0.29, 0.717) is 0 Å². The molecule has 0 aliphatic rings. The zero-order chi connectivity index (χ0) is 13.0. The normalized spacial score (nSPS) is 10.4. The van der Waals surface area contributed by atoms with Crippen LogP contribution in [0.1, 0.15) is 25.0 Å². The van der Waals surface area contributed by atoms with Crippen LogP contribution in [0, 0.1) is 0 Å². The summed E-state index contributed by atoms with van der Waals surface area (Å²) in [6.07, 6.45) is 5.66. The smallest absolute Gasteiger partial charge is 0.0593 e. The molecule has 18 heavy (non-hydrogen) atoms. The van der Waals surface area contributed by atoms with Crippen LogP contribution in [0.5, 0.6) is 0 Å². The van der Waals surface area contributed by atoms with Crippen LogP contribution in [0.2, 0.25) is 0 Å². The Morgan fingerprint density at radius 1 is 1.11 bits per heavy atom. The van der Waals surface area contributed by atoms with E-state index in [0.717, 1.165) is 23.0 Å². The van der Waals surface area contributed by atoms with Crippen LogP contribution in [0.4, 0.5) is 11.4 Å². The van der Waals surface area contributed by atoms with Crippen molar-refractivity contribution in [2.45, 2.75) is 26.7 Å². The van der Waals surface area contributed by atoms with Gasteiger partial charge in [0.25, 0.3) is 0 Å². The number of rotatable bonds is 4. The van der Waals surface area contributed by atoms with Gasteiger partial charge in [-0.05, 0) is 46.0 Å². The van der Waals surface area contributed by atoms with Crippen molar-refractivity contribution in [3.05, 3.63) is 52.3 Å². The first-order chi connectivity index (χ1) is 8.76. The second-order valence-electron chi connectivity index (χ2n) is 4.14. The first-order valence-corrected chi connectivity index (χ1v) is 7.02. The molecule has 0 atom stereocenters. The van der Waals surface area contributed by atoms with E-state index in [-0.39, 0.29) is 0 Å². The summed E-state index contributed by atoms with van der Waals surface area (Å²) in [4.78, 5) is 4.08. The lowest BCUT2D eigenvalue weighted by molar-refractivity contribution is 1.09. The Hall–Kier alpha value is -1.35. The lowest BCUT2D eigenvalue weighted by atomic mass is 10.0. The summed E-state index contributed by atoms with van der Waals surface area (Å²) < 4.78 is 0.984. The third-order valence-electron chi connectivity index (χ3n) is 3.03. The molecule has 94 valence electrons. The fraction of sp³-hybridized carbons (Fsp3) is 0.267. The number of nitrogens with one attached hydrogen (secondary N) is 1. The number of aryl methyl sites for hydroxylation is 2. The van der Waals surface area contributed by atoms with Crippen molar-refractivity contribution >= 4 is 27.3 Å². The number of hydrogen-bond donors (Lipinski definition) is 1. The molecule has 3 heteroatoms. The standard InChI is InChI=1S/C15H17BrN2/c1-3-11-6-5-7-12(4-2)15(11)18-14-8-9-17-10-13(14)16/h5-10H,3-4H2,1-2H3,(H,17,18). The Morgan fingerprint density at radius 2 is 1.78 bits per heavy atom. The highest BCUT2D eigenvalue weighted by atomic mass is 79.9. The van der Waals surface area contributed by atoms with Crippen molar-refractivity contribution in [2.75, 3.05) is 5.32 Å². The topological polar surface area (TPSA) is 24.9 Å². The highest BCUT2D eigenvalue weighted by Crippen LogP contribution is 2.29. The number of anilines is 2. The van der Waals surface area contributed by atoms with Crippen LogP contribution < -0.4 is 5.32 Å². The van der Waals surface area contributed by atoms with Crippen molar-refractivity contribution in [1.82, 2.24) is 4.98 Å². The summed E-state index contributed by atoms with van der Waals surface area (Å²) in [6, 6.07) is 8.47. The number of para-hydroxylation sites is 1. The summed E-state index contributed by atoms with van der Waals surface area (Å²) in [5.41, 5.74) is 4.98. The third-order valence-corrected chi connectivity index (χ3v) is 3.66. The Balaban J connectivity index is 2.42. The molecule has 0 fully saturated rings. The molecule has 0 bridgehead atoms. The fourth-order valence-corrected chi connectivity index (χ4v) is 2.36. The van der Waals surface area contributed by atoms with Gasteiger partial charge in [0.2, 0.25) is 0 Å². The van der Waals surface area contributed by atoms with Gasteiger partial charge in [-0.2, -0.15) is 0 Å². The number of nitrogens with zero attached hydrogens (tertiary/aromatic N) is 1. The molecule has 2 aromatic rings. The maximum Gasteiger partial charge on any atom is 0.0593 e. The molecule has 0 amide bonds. The van der Waals surface area contributed by atoms with Gasteiger partial charge < -0.3 is 5.32 Å². The van der Waals surface area contributed by atoms with Crippen LogP contribution >= 0.6 is 15.9 Å². The van der Waals surface area contributed by atoms with Crippen LogP contribution in [0.3, 0.4) is 0 Å². The van der Waals surface area contributed by atoms with E-state index >= 15 is 0 Å². The molecule has 0 spiro atoms. The Kier molecular flexibility index (Phi) is 4.37. The maximum absolute atomic E-state index is 4.08. The minimum Gasteiger partial charge on any atom is -0.354 e. The van der Waals surface area contributed by atoms with Gasteiger partial charge in [-0.25, -0.2) is 0 Å². The molecule has 0 saturated carbocycles. The Bertz CT molecular complexity index is 516. The second-order valence-corrected chi connectivity index (χ2v) is 4.99. The van der Waals surface area contributed by atoms with Crippen molar-refractivity contribution in [2.24, 2.45) is 0 Å². The molecule has 0 aliphatic heterocycles. The fourth-order valence-electron chi connectivity index (χ4n) is 2.01. The molecule has 0 radical (unpaired) electrons. The summed E-state index contributed by atoms with van der Waals surface area (Å²) in [5, 5.41) is 3.52. The number of halogens is 1. The predicted molar refractivity (Wildman–Crippen MR) is 80.4 cm³/mol. The lowest BCUT2D eigenvalue weighted by Gasteiger charge is -2.16. The van der Waals surface area contributed by atoms with Gasteiger partial charge in [-0.3, -0.25) is 4.98 Å². The second kappa shape index (κ2) is 6.01. The summed E-state index contributed by atoms with van der Waals surface area (Å²) in [7, 11) is 0. The van der Waals surface area contributed by atoms with Crippen molar-refractivity contribution < 1.29 is 0 Å². The molecule has 1 N–H and O–H groups in total. The van der Waals surface area contributed by atoms with Gasteiger partial charge in [0.1, 0.15) is 0 Å². The van der Waals surface area contributed by atoms with Crippen LogP contribution in [0.15, 0.2) is 41.1 Å². The van der Waals surface area contributed by atoms with E-state index in [4.69, 9.17) is 0 Å². The molecule has 2 rings (SSSR count). The molecule has 1 aromatic carbocycles.